The number of alkyl halides is 1. The number of ether oxygens (including phenoxy) is 4. The third-order valence-corrected chi connectivity index (χ3v) is 11.3. The van der Waals surface area contributed by atoms with Crippen LogP contribution >= 0.6 is 11.6 Å². The van der Waals surface area contributed by atoms with E-state index in [-0.39, 0.29) is 50.1 Å². The van der Waals surface area contributed by atoms with E-state index < -0.39 is 23.8 Å². The Morgan fingerprint density at radius 2 is 1.78 bits per heavy atom. The zero-order valence-corrected chi connectivity index (χ0v) is 32.8. The molecule has 55 heavy (non-hydrogen) atoms. The standard InChI is InChI=1S/C44H55ClN2O8/c1-4-21-47(43(50)52-25-20-45)40-29-38(46-51-3)36-27-32(14-8-10-22-48)35(15-9-11-23-49)41-37-28-34(54-33-17-16-30-12-6-7-13-31(30)26-33)18-19-39(37)55-44(40,42(36)41)53-24-5-2/h5-7,12-13,16-19,26-28,32,35,40-42,48-49H,2,4,8-11,14-15,20-25,29H2,1,3H3. The maximum atomic E-state index is 13.9. The van der Waals surface area contributed by atoms with Crippen LogP contribution in [-0.4, -0.2) is 84.7 Å². The van der Waals surface area contributed by atoms with Gasteiger partial charge in [0.2, 0.25) is 5.79 Å². The Labute approximate surface area is 329 Å². The second-order valence-electron chi connectivity index (χ2n) is 14.6. The van der Waals surface area contributed by atoms with Crippen LogP contribution in [0.2, 0.25) is 0 Å². The van der Waals surface area contributed by atoms with E-state index in [0.717, 1.165) is 59.1 Å². The normalized spacial score (nSPS) is 24.6. The molecular formula is C44H55ClN2O8. The minimum absolute atomic E-state index is 0.0657. The van der Waals surface area contributed by atoms with Gasteiger partial charge in [0.15, 0.2) is 0 Å². The molecule has 1 aliphatic heterocycles. The van der Waals surface area contributed by atoms with Gasteiger partial charge in [-0.3, -0.25) is 4.90 Å². The summed E-state index contributed by atoms with van der Waals surface area (Å²) in [5.74, 6) is 0.492. The monoisotopic (exact) mass is 774 g/mol. The molecule has 0 spiro atoms. The van der Waals surface area contributed by atoms with Crippen molar-refractivity contribution in [1.82, 2.24) is 4.90 Å². The lowest BCUT2D eigenvalue weighted by Gasteiger charge is -2.59. The van der Waals surface area contributed by atoms with Crippen LogP contribution in [0.15, 0.2) is 90.1 Å². The van der Waals surface area contributed by atoms with Gasteiger partial charge in [-0.15, -0.1) is 18.2 Å². The van der Waals surface area contributed by atoms with Crippen molar-refractivity contribution in [3.63, 3.8) is 0 Å². The second-order valence-corrected chi connectivity index (χ2v) is 14.9. The highest BCUT2D eigenvalue weighted by atomic mass is 35.5. The molecule has 296 valence electrons. The first-order valence-corrected chi connectivity index (χ1v) is 20.2. The number of nitrogens with zero attached hydrogens (tertiary/aromatic N) is 2. The first kappa shape index (κ1) is 40.6. The Kier molecular flexibility index (Phi) is 14.1. The number of amides is 1. The van der Waals surface area contributed by atoms with E-state index in [1.54, 1.807) is 11.0 Å². The molecule has 11 heteroatoms. The Morgan fingerprint density at radius 1 is 1.04 bits per heavy atom. The minimum atomic E-state index is -1.36. The fourth-order valence-corrected chi connectivity index (χ4v) is 9.09. The largest absolute Gasteiger partial charge is 0.459 e. The summed E-state index contributed by atoms with van der Waals surface area (Å²) in [5.41, 5.74) is 2.68. The molecule has 1 amide bonds. The highest BCUT2D eigenvalue weighted by molar-refractivity contribution is 6.18. The summed E-state index contributed by atoms with van der Waals surface area (Å²) in [4.78, 5) is 21.2. The summed E-state index contributed by atoms with van der Waals surface area (Å²) < 4.78 is 26.5. The number of benzene rings is 3. The molecule has 10 nitrogen and oxygen atoms in total. The van der Waals surface area contributed by atoms with Crippen LogP contribution < -0.4 is 9.47 Å². The highest BCUT2D eigenvalue weighted by Crippen LogP contribution is 2.62. The maximum absolute atomic E-state index is 13.9. The number of carbonyl (C=O) groups excluding carboxylic acids is 1. The van der Waals surface area contributed by atoms with Gasteiger partial charge < -0.3 is 34.0 Å². The van der Waals surface area contributed by atoms with Crippen LogP contribution in [0.25, 0.3) is 10.8 Å². The Balaban J connectivity index is 1.55. The van der Waals surface area contributed by atoms with Crippen LogP contribution in [0.5, 0.6) is 17.2 Å². The van der Waals surface area contributed by atoms with E-state index >= 15 is 0 Å². The number of hydrogen-bond acceptors (Lipinski definition) is 9. The van der Waals surface area contributed by atoms with Crippen LogP contribution in [0, 0.1) is 17.8 Å². The number of oxime groups is 1. The smallest absolute Gasteiger partial charge is 0.410 e. The number of aliphatic hydroxyl groups excluding tert-OH is 2. The van der Waals surface area contributed by atoms with Gasteiger partial charge in [-0.25, -0.2) is 4.79 Å². The molecule has 0 aromatic heterocycles. The molecule has 1 heterocycles. The molecule has 0 radical (unpaired) electrons. The molecule has 3 aromatic rings. The van der Waals surface area contributed by atoms with Gasteiger partial charge in [0.1, 0.15) is 37.0 Å². The number of carbonyl (C=O) groups is 1. The van der Waals surface area contributed by atoms with E-state index in [2.05, 4.69) is 42.1 Å². The van der Waals surface area contributed by atoms with Crippen LogP contribution in [-0.2, 0) is 14.3 Å². The van der Waals surface area contributed by atoms with Crippen molar-refractivity contribution in [1.29, 1.82) is 0 Å². The zero-order chi connectivity index (χ0) is 38.8. The molecule has 0 bridgehead atoms. The highest BCUT2D eigenvalue weighted by Gasteiger charge is 2.65. The number of unbranched alkanes of at least 4 members (excludes halogenated alkanes) is 2. The number of fused-ring (bicyclic) bond motifs is 3. The van der Waals surface area contributed by atoms with Gasteiger partial charge in [0.05, 0.1) is 24.1 Å². The summed E-state index contributed by atoms with van der Waals surface area (Å²) in [5, 5.41) is 26.5. The molecule has 1 fully saturated rings. The third kappa shape index (κ3) is 8.68. The second kappa shape index (κ2) is 19.2. The Hall–Kier alpha value is -4.09. The van der Waals surface area contributed by atoms with E-state index in [1.165, 1.54) is 7.11 Å². The minimum Gasteiger partial charge on any atom is -0.459 e. The predicted molar refractivity (Wildman–Crippen MR) is 215 cm³/mol. The molecule has 3 aromatic carbocycles. The SMILES string of the molecule is C=CCOC12Oc3ccc(Oc4ccc5ccccc5c4)cc3C3C(CCCCO)C(CCCCO)C=C(C(=NOC)CC1N(CCC)C(=O)OCCCl)C32. The molecule has 6 unspecified atom stereocenters. The number of halogens is 1. The lowest BCUT2D eigenvalue weighted by atomic mass is 9.55. The molecule has 3 aliphatic rings. The first-order chi connectivity index (χ1) is 26.9. The number of hydrogen-bond donors (Lipinski definition) is 2. The van der Waals surface area contributed by atoms with Crippen molar-refractivity contribution in [3.8, 4) is 17.2 Å². The molecule has 1 saturated carbocycles. The van der Waals surface area contributed by atoms with Crippen molar-refractivity contribution < 1.29 is 38.8 Å². The first-order valence-electron chi connectivity index (χ1n) is 19.7. The van der Waals surface area contributed by atoms with Gasteiger partial charge in [0.25, 0.3) is 0 Å². The average Bonchev–Trinajstić information content (AvgIpc) is 3.20. The Morgan fingerprint density at radius 3 is 2.51 bits per heavy atom. The average molecular weight is 775 g/mol. The van der Waals surface area contributed by atoms with Crippen LogP contribution in [0.4, 0.5) is 4.79 Å². The van der Waals surface area contributed by atoms with Crippen molar-refractivity contribution in [2.75, 3.05) is 46.0 Å². The van der Waals surface area contributed by atoms with Crippen LogP contribution in [0.1, 0.15) is 69.8 Å². The topological polar surface area (TPSA) is 119 Å². The fourth-order valence-electron chi connectivity index (χ4n) is 9.01. The summed E-state index contributed by atoms with van der Waals surface area (Å²) in [7, 11) is 1.54. The van der Waals surface area contributed by atoms with E-state index in [0.29, 0.717) is 43.7 Å². The van der Waals surface area contributed by atoms with Gasteiger partial charge in [-0.05, 0) is 90.6 Å². The van der Waals surface area contributed by atoms with Crippen molar-refractivity contribution in [2.45, 2.75) is 76.0 Å². The summed E-state index contributed by atoms with van der Waals surface area (Å²) >= 11 is 5.98. The summed E-state index contributed by atoms with van der Waals surface area (Å²) in [6.07, 6.45) is 9.23. The molecular weight excluding hydrogens is 720 g/mol. The molecule has 6 atom stereocenters. The van der Waals surface area contributed by atoms with Crippen LogP contribution in [0.3, 0.4) is 0 Å². The predicted octanol–water partition coefficient (Wildman–Crippen LogP) is 8.98. The summed E-state index contributed by atoms with van der Waals surface area (Å²) in [6, 6.07) is 19.6. The zero-order valence-electron chi connectivity index (χ0n) is 32.0. The molecule has 0 saturated heterocycles. The van der Waals surface area contributed by atoms with Crippen molar-refractivity contribution >= 4 is 34.2 Å². The third-order valence-electron chi connectivity index (χ3n) is 11.2. The quantitative estimate of drug-likeness (QED) is 0.0537. The number of rotatable bonds is 19. The lowest BCUT2D eigenvalue weighted by molar-refractivity contribution is -0.255. The van der Waals surface area contributed by atoms with Gasteiger partial charge in [-0.2, -0.15) is 0 Å². The van der Waals surface area contributed by atoms with E-state index in [4.69, 9.17) is 35.4 Å². The van der Waals surface area contributed by atoms with Gasteiger partial charge in [0, 0.05) is 37.7 Å². The molecule has 2 aliphatic carbocycles. The Bertz CT molecular complexity index is 1830. The lowest BCUT2D eigenvalue weighted by Crippen LogP contribution is -2.70. The van der Waals surface area contributed by atoms with Crippen molar-refractivity contribution in [2.24, 2.45) is 22.9 Å². The van der Waals surface area contributed by atoms with E-state index in [9.17, 15) is 15.0 Å². The van der Waals surface area contributed by atoms with Gasteiger partial charge >= 0.3 is 6.09 Å². The number of aliphatic hydroxyl groups is 2. The van der Waals surface area contributed by atoms with E-state index in [1.807, 2.05) is 43.3 Å². The summed E-state index contributed by atoms with van der Waals surface area (Å²) in [6.45, 7) is 6.87. The maximum Gasteiger partial charge on any atom is 0.410 e. The van der Waals surface area contributed by atoms with Gasteiger partial charge in [-0.1, -0.05) is 67.4 Å². The van der Waals surface area contributed by atoms with Crippen molar-refractivity contribution in [3.05, 3.63) is 90.5 Å². The molecule has 2 N–H and O–H groups in total. The molecule has 6 rings (SSSR count). The number of allylic oxidation sites excluding steroid dienone is 1. The fraction of sp³-hybridized carbons (Fsp3) is 0.500.